The topological polar surface area (TPSA) is 166 Å². The van der Waals surface area contributed by atoms with Gasteiger partial charge >= 0.3 is 0 Å². The van der Waals surface area contributed by atoms with Crippen LogP contribution in [0.4, 0.5) is 0 Å². The number of carbonyl (C=O) groups excluding carboxylic acids is 1. The number of hydrogen-bond acceptors (Lipinski definition) is 2. The van der Waals surface area contributed by atoms with E-state index in [9.17, 15) is 0 Å². The maximum absolute atomic E-state index is 8.89. The Balaban J connectivity index is -0.00000000750. The highest BCUT2D eigenvalue weighted by molar-refractivity contribution is 5.60. The van der Waals surface area contributed by atoms with E-state index in [0.29, 0.717) is 0 Å². The van der Waals surface area contributed by atoms with Crippen molar-refractivity contribution in [2.24, 2.45) is 0 Å². The molecule has 6 nitrogen and oxygen atoms in total. The summed E-state index contributed by atoms with van der Waals surface area (Å²) in [4.78, 5) is 8.89. The zero-order valence-electron chi connectivity index (χ0n) is 4.32. The van der Waals surface area contributed by atoms with Crippen LogP contribution in [0.25, 0.3) is 0 Å². The van der Waals surface area contributed by atoms with Crippen molar-refractivity contribution in [3.63, 3.8) is 0 Å². The van der Waals surface area contributed by atoms with Crippen LogP contribution in [-0.2, 0) is 4.79 Å². The second kappa shape index (κ2) is 33.3. The first kappa shape index (κ1) is 54.5. The van der Waals surface area contributed by atoms with Gasteiger partial charge in [0, 0.05) is 5.97 Å². The summed E-state index contributed by atoms with van der Waals surface area (Å²) in [7, 11) is 0. The molecule has 6 heteroatoms. The molecule has 8 heavy (non-hydrogen) atoms. The zero-order valence-corrected chi connectivity index (χ0v) is 4.32. The van der Waals surface area contributed by atoms with Crippen LogP contribution < -0.4 is 5.11 Å². The molecule has 0 radical (unpaired) electrons. The van der Waals surface area contributed by atoms with Gasteiger partial charge in [-0.3, -0.25) is 0 Å². The van der Waals surface area contributed by atoms with E-state index in [1.807, 2.05) is 0 Å². The van der Waals surface area contributed by atoms with Gasteiger partial charge in [-0.1, -0.05) is 0 Å². The molecule has 0 amide bonds. The van der Waals surface area contributed by atoms with Crippen molar-refractivity contribution in [2.75, 3.05) is 0 Å². The second-order valence-corrected chi connectivity index (χ2v) is 0.492. The first-order chi connectivity index (χ1) is 1.73. The monoisotopic (exact) mass is 131 g/mol. The Labute approximate surface area is 46.0 Å². The van der Waals surface area contributed by atoms with Gasteiger partial charge in [0.15, 0.2) is 0 Å². The van der Waals surface area contributed by atoms with Gasteiger partial charge < -0.3 is 31.8 Å². The number of hydrogen-bond donors (Lipinski definition) is 0. The summed E-state index contributed by atoms with van der Waals surface area (Å²) < 4.78 is 0. The van der Waals surface area contributed by atoms with E-state index in [1.165, 1.54) is 0 Å². The lowest BCUT2D eigenvalue weighted by Crippen LogP contribution is -2.16. The van der Waals surface area contributed by atoms with Crippen LogP contribution in [0.2, 0.25) is 0 Å². The number of aliphatic carboxylic acids is 1. The van der Waals surface area contributed by atoms with E-state index in [4.69, 9.17) is 9.90 Å². The normalized spacial score (nSPS) is 3.12. The average molecular weight is 131 g/mol. The number of carboxylic acids is 1. The van der Waals surface area contributed by atoms with Crippen molar-refractivity contribution < 1.29 is 31.8 Å². The molecular weight excluding hydrogens is 120 g/mol. The van der Waals surface area contributed by atoms with Crippen LogP contribution in [0.1, 0.15) is 6.92 Å². The second-order valence-electron chi connectivity index (χ2n) is 0.492. The van der Waals surface area contributed by atoms with Crippen LogP contribution in [0.15, 0.2) is 0 Å². The first-order valence-corrected chi connectivity index (χ1v) is 0.908. The Morgan fingerprint density at radius 2 is 1.12 bits per heavy atom. The highest BCUT2D eigenvalue weighted by Crippen LogP contribution is 1.31. The van der Waals surface area contributed by atoms with Gasteiger partial charge in [-0.25, -0.2) is 0 Å². The Morgan fingerprint density at radius 3 is 1.12 bits per heavy atom. The van der Waals surface area contributed by atoms with Gasteiger partial charge in [0.05, 0.1) is 0 Å². The maximum Gasteiger partial charge on any atom is 0.0383 e. The van der Waals surface area contributed by atoms with Crippen molar-refractivity contribution >= 4 is 5.97 Å². The van der Waals surface area contributed by atoms with E-state index in [-0.39, 0.29) is 21.9 Å². The van der Waals surface area contributed by atoms with Gasteiger partial charge in [-0.05, 0) is 6.92 Å². The Bertz CT molecular complexity index is 29.5. The molecule has 0 heterocycles. The van der Waals surface area contributed by atoms with Gasteiger partial charge in [-0.2, -0.15) is 0 Å². The Morgan fingerprint density at radius 1 is 1.12 bits per heavy atom. The Kier molecular flexibility index (Phi) is 227. The molecule has 8 N–H and O–H groups in total. The third-order valence-electron chi connectivity index (χ3n) is 0. The average Bonchev–Trinajstić information content (AvgIpc) is 0.811. The molecule has 0 aromatic rings. The summed E-state index contributed by atoms with van der Waals surface area (Å²) in [5.41, 5.74) is 0. The van der Waals surface area contributed by atoms with E-state index < -0.39 is 5.97 Å². The molecule has 0 aromatic carbocycles. The predicted molar refractivity (Wildman–Crippen MR) is 25.1 cm³/mol. The number of carbonyl (C=O) groups is 1. The van der Waals surface area contributed by atoms with Crippen molar-refractivity contribution in [1.82, 2.24) is 0 Å². The Hall–Kier alpha value is -0.690. The van der Waals surface area contributed by atoms with Crippen molar-refractivity contribution in [3.8, 4) is 0 Å². The van der Waals surface area contributed by atoms with Gasteiger partial charge in [0.25, 0.3) is 0 Å². The molecule has 0 aliphatic carbocycles. The lowest BCUT2D eigenvalue weighted by Gasteiger charge is -1.77. The van der Waals surface area contributed by atoms with Crippen LogP contribution in [0.3, 0.4) is 0 Å². The van der Waals surface area contributed by atoms with Crippen LogP contribution in [0.5, 0.6) is 0 Å². The minimum absolute atomic E-state index is 0. The van der Waals surface area contributed by atoms with Crippen LogP contribution >= 0.6 is 0 Å². The third kappa shape index (κ3) is 207. The molecule has 56 valence electrons. The highest BCUT2D eigenvalue weighted by atomic mass is 16.4. The molecule has 0 aliphatic rings. The standard InChI is InChI=1S/C2H4O2.4H2O/c1-2(3)4;;;;/h1H3,(H,3,4);4*1H2/p-1. The first-order valence-electron chi connectivity index (χ1n) is 0.908. The minimum Gasteiger partial charge on any atom is -0.550 e. The van der Waals surface area contributed by atoms with Crippen LogP contribution in [-0.4, -0.2) is 27.9 Å². The third-order valence-corrected chi connectivity index (χ3v) is 0. The molecule has 0 saturated carbocycles. The summed E-state index contributed by atoms with van der Waals surface area (Å²) in [6, 6.07) is 0. The van der Waals surface area contributed by atoms with Crippen molar-refractivity contribution in [3.05, 3.63) is 0 Å². The van der Waals surface area contributed by atoms with Crippen LogP contribution in [0, 0.1) is 0 Å². The SMILES string of the molecule is CC(=O)[O-].O.O.O.O. The fourth-order valence-electron chi connectivity index (χ4n) is 0. The summed E-state index contributed by atoms with van der Waals surface area (Å²) in [6.45, 7) is 0.972. The molecule has 0 spiro atoms. The van der Waals surface area contributed by atoms with E-state index >= 15 is 0 Å². The fourth-order valence-corrected chi connectivity index (χ4v) is 0. The van der Waals surface area contributed by atoms with Gasteiger partial charge in [-0.15, -0.1) is 0 Å². The predicted octanol–water partition coefficient (Wildman–Crippen LogP) is -4.54. The summed E-state index contributed by atoms with van der Waals surface area (Å²) >= 11 is 0. The van der Waals surface area contributed by atoms with E-state index in [1.54, 1.807) is 0 Å². The van der Waals surface area contributed by atoms with Gasteiger partial charge in [0.1, 0.15) is 0 Å². The molecule has 0 aromatic heterocycles. The molecule has 0 atom stereocenters. The molecule has 0 rings (SSSR count). The number of rotatable bonds is 0. The van der Waals surface area contributed by atoms with E-state index in [2.05, 4.69) is 0 Å². The summed E-state index contributed by atoms with van der Waals surface area (Å²) in [5, 5.41) is 8.89. The lowest BCUT2D eigenvalue weighted by atomic mass is 10.9. The number of carboxylic acid groups (broad SMARTS) is 1. The van der Waals surface area contributed by atoms with Crippen molar-refractivity contribution in [1.29, 1.82) is 0 Å². The molecular formula is C2H11O6-. The van der Waals surface area contributed by atoms with E-state index in [0.717, 1.165) is 6.92 Å². The summed E-state index contributed by atoms with van der Waals surface area (Å²) in [6.07, 6.45) is 0. The largest absolute Gasteiger partial charge is 0.550 e. The minimum atomic E-state index is -1.08. The molecule has 0 bridgehead atoms. The molecule has 0 saturated heterocycles. The maximum atomic E-state index is 8.89. The quantitative estimate of drug-likeness (QED) is 0.323. The summed E-state index contributed by atoms with van der Waals surface area (Å²) in [5.74, 6) is -1.08. The molecule has 0 fully saturated rings. The van der Waals surface area contributed by atoms with Gasteiger partial charge in [0.2, 0.25) is 0 Å². The van der Waals surface area contributed by atoms with Crippen molar-refractivity contribution in [2.45, 2.75) is 6.92 Å². The highest BCUT2D eigenvalue weighted by Gasteiger charge is 1.46. The molecule has 0 unspecified atom stereocenters. The fraction of sp³-hybridized carbons (Fsp3) is 0.500. The zero-order chi connectivity index (χ0) is 3.58. The smallest absolute Gasteiger partial charge is 0.0383 e. The molecule has 0 aliphatic heterocycles. The lowest BCUT2D eigenvalue weighted by molar-refractivity contribution is -0.302.